The summed E-state index contributed by atoms with van der Waals surface area (Å²) in [6, 6.07) is 0. The van der Waals surface area contributed by atoms with Gasteiger partial charge in [-0.2, -0.15) is 0 Å². The molecule has 0 rings (SSSR count). The Hall–Kier alpha value is 1.59. The Morgan fingerprint density at radius 3 is 0.429 bits per heavy atom. The van der Waals surface area contributed by atoms with E-state index in [9.17, 15) is 0 Å². The number of hydrogen-bond donors (Lipinski definition) is 0. The molecule has 0 aliphatic heterocycles. The summed E-state index contributed by atoms with van der Waals surface area (Å²) >= 11 is 0. The number of hydrogen-bond acceptors (Lipinski definition) is 5. The van der Waals surface area contributed by atoms with Crippen molar-refractivity contribution in [3.8, 4) is 0 Å². The van der Waals surface area contributed by atoms with Crippen LogP contribution in [0, 0.1) is 0 Å². The molecule has 0 bridgehead atoms. The van der Waals surface area contributed by atoms with Gasteiger partial charge in [0.05, 0.1) is 0 Å². The van der Waals surface area contributed by atoms with Crippen LogP contribution < -0.4 is 0 Å². The Bertz CT molecular complexity index is 8.04. The van der Waals surface area contributed by atoms with Crippen LogP contribution in [0.25, 0.3) is 0 Å². The first-order chi connectivity index (χ1) is 0. The van der Waals surface area contributed by atoms with Crippen LogP contribution in [0.15, 0.2) is 0 Å². The van der Waals surface area contributed by atoms with Crippen LogP contribution in [0.2, 0.25) is 0 Å². The zero-order valence-corrected chi connectivity index (χ0v) is 6.83. The molecule has 0 unspecified atom stereocenters. The van der Waals surface area contributed by atoms with Crippen molar-refractivity contribution in [1.82, 2.24) is 0 Å². The summed E-state index contributed by atoms with van der Waals surface area (Å²) in [5, 5.41) is 0. The van der Waals surface area contributed by atoms with E-state index in [-0.39, 0.29) is 82.5 Å². The van der Waals surface area contributed by atoms with Crippen LogP contribution in [-0.4, -0.2) is 65.1 Å². The van der Waals surface area contributed by atoms with Crippen molar-refractivity contribution in [2.24, 2.45) is 0 Å². The van der Waals surface area contributed by atoms with Crippen molar-refractivity contribution in [3.63, 3.8) is 0 Å². The fourth-order valence-electron chi connectivity index (χ4n) is 0. The van der Waals surface area contributed by atoms with Gasteiger partial charge in [0.15, 0.2) is 0 Å². The van der Waals surface area contributed by atoms with Crippen molar-refractivity contribution < 1.29 is 44.7 Å². The molecule has 7 heavy (non-hydrogen) atoms. The van der Waals surface area contributed by atoms with E-state index in [0.29, 0.717) is 0 Å². The SMILES string of the molecule is [Ca+2].[Cr+3].[OH-].[OH-].[OH-].[OH-].[OH-]. The van der Waals surface area contributed by atoms with Gasteiger partial charge in [0.25, 0.3) is 0 Å². The molecule has 0 heterocycles. The predicted molar refractivity (Wildman–Crippen MR) is 15.4 cm³/mol. The molecule has 0 aromatic heterocycles. The van der Waals surface area contributed by atoms with Crippen molar-refractivity contribution in [1.29, 1.82) is 0 Å². The summed E-state index contributed by atoms with van der Waals surface area (Å²) in [5.74, 6) is 0. The van der Waals surface area contributed by atoms with E-state index in [1.54, 1.807) is 0 Å². The van der Waals surface area contributed by atoms with Crippen LogP contribution in [0.4, 0.5) is 0 Å². The zero-order valence-electron chi connectivity index (χ0n) is 3.35. The summed E-state index contributed by atoms with van der Waals surface area (Å²) in [7, 11) is 0. The molecule has 0 aromatic carbocycles. The van der Waals surface area contributed by atoms with Crippen LogP contribution in [0.5, 0.6) is 0 Å². The van der Waals surface area contributed by atoms with E-state index in [1.165, 1.54) is 0 Å². The molecule has 0 saturated heterocycles. The fraction of sp³-hybridized carbons (Fsp3) is 0. The van der Waals surface area contributed by atoms with Gasteiger partial charge in [-0.15, -0.1) is 0 Å². The summed E-state index contributed by atoms with van der Waals surface area (Å²) < 4.78 is 0. The molecule has 0 saturated carbocycles. The van der Waals surface area contributed by atoms with Crippen molar-refractivity contribution >= 4 is 37.7 Å². The summed E-state index contributed by atoms with van der Waals surface area (Å²) in [5.41, 5.74) is 0. The molecular formula is H5CaCrO5. The third-order valence-corrected chi connectivity index (χ3v) is 0. The maximum Gasteiger partial charge on any atom is 3.00 e. The summed E-state index contributed by atoms with van der Waals surface area (Å²) in [4.78, 5) is 0. The van der Waals surface area contributed by atoms with E-state index in [0.717, 1.165) is 0 Å². The minimum absolute atomic E-state index is 0. The minimum atomic E-state index is 0. The zero-order chi connectivity index (χ0) is 0. The summed E-state index contributed by atoms with van der Waals surface area (Å²) in [6.45, 7) is 0. The molecule has 43 valence electrons. The third-order valence-electron chi connectivity index (χ3n) is 0. The number of rotatable bonds is 0. The molecule has 0 spiro atoms. The van der Waals surface area contributed by atoms with E-state index in [4.69, 9.17) is 0 Å². The van der Waals surface area contributed by atoms with Gasteiger partial charge in [0, 0.05) is 0 Å². The van der Waals surface area contributed by atoms with E-state index < -0.39 is 0 Å². The Balaban J connectivity index is 0. The van der Waals surface area contributed by atoms with Gasteiger partial charge in [0.2, 0.25) is 0 Å². The molecule has 0 aliphatic carbocycles. The monoisotopic (exact) mass is 177 g/mol. The second-order valence-electron chi connectivity index (χ2n) is 0. The quantitative estimate of drug-likeness (QED) is 0.422. The molecule has 0 atom stereocenters. The molecule has 0 fully saturated rings. The average molecular weight is 177 g/mol. The molecule has 0 amide bonds. The topological polar surface area (TPSA) is 150 Å². The Morgan fingerprint density at radius 2 is 0.429 bits per heavy atom. The van der Waals surface area contributed by atoms with Crippen LogP contribution in [-0.2, 0) is 17.4 Å². The third kappa shape index (κ3) is 93.7. The first-order valence-electron chi connectivity index (χ1n) is 0. The minimum Gasteiger partial charge on any atom is -0.870 e. The van der Waals surface area contributed by atoms with Gasteiger partial charge in [-0.05, 0) is 0 Å². The van der Waals surface area contributed by atoms with Crippen LogP contribution in [0.3, 0.4) is 0 Å². The van der Waals surface area contributed by atoms with Crippen LogP contribution in [0.1, 0.15) is 0 Å². The molecule has 0 aliphatic rings. The predicted octanol–water partition coefficient (Wildman–Crippen LogP) is -1.27. The largest absolute Gasteiger partial charge is 3.00 e. The van der Waals surface area contributed by atoms with Gasteiger partial charge < -0.3 is 27.4 Å². The van der Waals surface area contributed by atoms with Gasteiger partial charge >= 0.3 is 55.1 Å². The van der Waals surface area contributed by atoms with E-state index in [1.807, 2.05) is 0 Å². The first-order valence-corrected chi connectivity index (χ1v) is 0. The Labute approximate surface area is 81.8 Å². The Kier molecular flexibility index (Phi) is 3630. The normalized spacial score (nSPS) is 0. The van der Waals surface area contributed by atoms with Gasteiger partial charge in [-0.25, -0.2) is 0 Å². The van der Waals surface area contributed by atoms with Gasteiger partial charge in [0.1, 0.15) is 0 Å². The van der Waals surface area contributed by atoms with Crippen molar-refractivity contribution in [3.05, 3.63) is 0 Å². The maximum atomic E-state index is 0. The molecule has 1 radical (unpaired) electrons. The van der Waals surface area contributed by atoms with E-state index in [2.05, 4.69) is 0 Å². The molecular weight excluding hydrogens is 172 g/mol. The molecule has 7 heteroatoms. The van der Waals surface area contributed by atoms with Crippen molar-refractivity contribution in [2.75, 3.05) is 0 Å². The molecule has 0 aromatic rings. The Morgan fingerprint density at radius 1 is 0.429 bits per heavy atom. The first kappa shape index (κ1) is 195. The van der Waals surface area contributed by atoms with Crippen LogP contribution >= 0.6 is 0 Å². The van der Waals surface area contributed by atoms with Crippen molar-refractivity contribution in [2.45, 2.75) is 0 Å². The smallest absolute Gasteiger partial charge is 0.870 e. The van der Waals surface area contributed by atoms with E-state index >= 15 is 0 Å². The molecule has 5 N–H and O–H groups in total. The second-order valence-corrected chi connectivity index (χ2v) is 0. The average Bonchev–Trinajstić information content (AvgIpc) is 0. The van der Waals surface area contributed by atoms with Gasteiger partial charge in [-0.1, -0.05) is 0 Å². The molecule has 5 nitrogen and oxygen atoms in total. The summed E-state index contributed by atoms with van der Waals surface area (Å²) in [6.07, 6.45) is 0. The fourth-order valence-corrected chi connectivity index (χ4v) is 0. The maximum absolute atomic E-state index is 0. The van der Waals surface area contributed by atoms with Gasteiger partial charge in [-0.3, -0.25) is 0 Å². The second kappa shape index (κ2) is 130. The standard InChI is InChI=1S/Ca.Cr.5H2O/h;;5*1H2/q+2;+3;;;;;/p-5.